The average molecular weight is 286 g/mol. The number of nitrogens with zero attached hydrogens (tertiary/aromatic N) is 1. The van der Waals surface area contributed by atoms with Gasteiger partial charge in [-0.2, -0.15) is 0 Å². The predicted octanol–water partition coefficient (Wildman–Crippen LogP) is 2.66. The van der Waals surface area contributed by atoms with E-state index in [1.807, 2.05) is 0 Å². The molecule has 1 aromatic rings. The topological polar surface area (TPSA) is 29.5 Å². The monoisotopic (exact) mass is 285 g/mol. The lowest BCUT2D eigenvalue weighted by molar-refractivity contribution is -0.132. The Hall–Kier alpha value is -1.13. The van der Waals surface area contributed by atoms with Gasteiger partial charge >= 0.3 is 0 Å². The van der Waals surface area contributed by atoms with E-state index >= 15 is 0 Å². The fourth-order valence-corrected chi connectivity index (χ4v) is 2.53. The van der Waals surface area contributed by atoms with Crippen LogP contribution < -0.4 is 0 Å². The summed E-state index contributed by atoms with van der Waals surface area (Å²) in [5.41, 5.74) is 0.281. The SMILES string of the molecule is COC1CCN(C(=O)Cc2c(F)cccc2Cl)CC1. The average Bonchev–Trinajstić information content (AvgIpc) is 2.43. The number of ether oxygens (including phenoxy) is 1. The largest absolute Gasteiger partial charge is 0.381 e. The van der Waals surface area contributed by atoms with E-state index < -0.39 is 5.82 Å². The van der Waals surface area contributed by atoms with Gasteiger partial charge < -0.3 is 9.64 Å². The molecule has 0 aliphatic carbocycles. The standard InChI is InChI=1S/C14H17ClFNO2/c1-19-10-5-7-17(8-6-10)14(18)9-11-12(15)3-2-4-13(11)16/h2-4,10H,5-9H2,1H3. The zero-order valence-electron chi connectivity index (χ0n) is 10.9. The predicted molar refractivity (Wildman–Crippen MR) is 71.7 cm³/mol. The first-order valence-corrected chi connectivity index (χ1v) is 6.73. The maximum atomic E-state index is 13.6. The Bertz CT molecular complexity index is 439. The number of carbonyl (C=O) groups is 1. The lowest BCUT2D eigenvalue weighted by Crippen LogP contribution is -2.41. The Balaban J connectivity index is 1.98. The lowest BCUT2D eigenvalue weighted by Gasteiger charge is -2.31. The molecule has 0 radical (unpaired) electrons. The molecular weight excluding hydrogens is 269 g/mol. The summed E-state index contributed by atoms with van der Waals surface area (Å²) in [5, 5.41) is 0.306. The minimum absolute atomic E-state index is 0.0170. The summed E-state index contributed by atoms with van der Waals surface area (Å²) < 4.78 is 18.9. The van der Waals surface area contributed by atoms with Crippen molar-refractivity contribution >= 4 is 17.5 Å². The van der Waals surface area contributed by atoms with Crippen LogP contribution in [0.15, 0.2) is 18.2 Å². The molecule has 0 saturated carbocycles. The third kappa shape index (κ3) is 3.45. The first-order chi connectivity index (χ1) is 9.11. The Labute approximate surface area is 117 Å². The maximum Gasteiger partial charge on any atom is 0.227 e. The highest BCUT2D eigenvalue weighted by Gasteiger charge is 2.23. The highest BCUT2D eigenvalue weighted by Crippen LogP contribution is 2.21. The molecule has 0 N–H and O–H groups in total. The van der Waals surface area contributed by atoms with Gasteiger partial charge in [-0.05, 0) is 25.0 Å². The van der Waals surface area contributed by atoms with Crippen LogP contribution in [-0.2, 0) is 16.0 Å². The number of hydrogen-bond acceptors (Lipinski definition) is 2. The van der Waals surface area contributed by atoms with E-state index in [2.05, 4.69) is 0 Å². The van der Waals surface area contributed by atoms with Crippen LogP contribution in [0.4, 0.5) is 4.39 Å². The molecule has 1 amide bonds. The quantitative estimate of drug-likeness (QED) is 0.854. The van der Waals surface area contributed by atoms with Gasteiger partial charge in [0.1, 0.15) is 5.82 Å². The van der Waals surface area contributed by atoms with Crippen LogP contribution in [0.2, 0.25) is 5.02 Å². The second kappa shape index (κ2) is 6.35. The van der Waals surface area contributed by atoms with Gasteiger partial charge in [-0.25, -0.2) is 4.39 Å². The van der Waals surface area contributed by atoms with Crippen molar-refractivity contribution in [3.8, 4) is 0 Å². The van der Waals surface area contributed by atoms with E-state index in [1.54, 1.807) is 18.1 Å². The van der Waals surface area contributed by atoms with Crippen molar-refractivity contribution in [1.82, 2.24) is 4.90 Å². The van der Waals surface area contributed by atoms with Crippen LogP contribution in [0, 0.1) is 5.82 Å². The molecule has 1 aliphatic rings. The van der Waals surface area contributed by atoms with E-state index in [-0.39, 0.29) is 24.0 Å². The molecule has 0 spiro atoms. The second-order valence-corrected chi connectivity index (χ2v) is 5.10. The van der Waals surface area contributed by atoms with Crippen molar-refractivity contribution in [3.05, 3.63) is 34.6 Å². The number of amides is 1. The third-order valence-electron chi connectivity index (χ3n) is 3.52. The molecule has 5 heteroatoms. The fraction of sp³-hybridized carbons (Fsp3) is 0.500. The Morgan fingerprint density at radius 3 is 2.74 bits per heavy atom. The van der Waals surface area contributed by atoms with Gasteiger partial charge in [0.15, 0.2) is 0 Å². The first-order valence-electron chi connectivity index (χ1n) is 6.35. The van der Waals surface area contributed by atoms with E-state index in [0.717, 1.165) is 12.8 Å². The number of halogens is 2. The number of methoxy groups -OCH3 is 1. The highest BCUT2D eigenvalue weighted by molar-refractivity contribution is 6.31. The zero-order chi connectivity index (χ0) is 13.8. The summed E-state index contributed by atoms with van der Waals surface area (Å²) in [5.74, 6) is -0.505. The minimum atomic E-state index is -0.423. The smallest absolute Gasteiger partial charge is 0.227 e. The summed E-state index contributed by atoms with van der Waals surface area (Å²) in [6, 6.07) is 4.46. The van der Waals surface area contributed by atoms with Gasteiger partial charge in [0.25, 0.3) is 0 Å². The summed E-state index contributed by atoms with van der Waals surface area (Å²) in [4.78, 5) is 13.9. The number of carbonyl (C=O) groups excluding carboxylic acids is 1. The van der Waals surface area contributed by atoms with Crippen LogP contribution in [-0.4, -0.2) is 37.1 Å². The molecule has 19 heavy (non-hydrogen) atoms. The number of rotatable bonds is 3. The van der Waals surface area contributed by atoms with Gasteiger partial charge in [-0.3, -0.25) is 4.79 Å². The summed E-state index contributed by atoms with van der Waals surface area (Å²) in [6.07, 6.45) is 1.89. The van der Waals surface area contributed by atoms with Gasteiger partial charge in [-0.1, -0.05) is 17.7 Å². The van der Waals surface area contributed by atoms with Gasteiger partial charge in [0.2, 0.25) is 5.91 Å². The normalized spacial score (nSPS) is 16.7. The number of benzene rings is 1. The van der Waals surface area contributed by atoms with Crippen LogP contribution in [0.25, 0.3) is 0 Å². The number of hydrogen-bond donors (Lipinski definition) is 0. The van der Waals surface area contributed by atoms with Crippen LogP contribution in [0.3, 0.4) is 0 Å². The number of likely N-dealkylation sites (tertiary alicyclic amines) is 1. The first kappa shape index (κ1) is 14.3. The Morgan fingerprint density at radius 2 is 2.16 bits per heavy atom. The van der Waals surface area contributed by atoms with Crippen molar-refractivity contribution in [2.75, 3.05) is 20.2 Å². The van der Waals surface area contributed by atoms with Crippen molar-refractivity contribution in [1.29, 1.82) is 0 Å². The molecular formula is C14H17ClFNO2. The van der Waals surface area contributed by atoms with E-state index in [4.69, 9.17) is 16.3 Å². The van der Waals surface area contributed by atoms with Crippen LogP contribution in [0.1, 0.15) is 18.4 Å². The number of piperidine rings is 1. The summed E-state index contributed by atoms with van der Waals surface area (Å²) >= 11 is 5.93. The third-order valence-corrected chi connectivity index (χ3v) is 3.87. The molecule has 2 rings (SSSR count). The Kier molecular flexibility index (Phi) is 4.77. The van der Waals surface area contributed by atoms with E-state index in [9.17, 15) is 9.18 Å². The van der Waals surface area contributed by atoms with Crippen molar-refractivity contribution in [3.63, 3.8) is 0 Å². The summed E-state index contributed by atoms with van der Waals surface area (Å²) in [6.45, 7) is 1.31. The van der Waals surface area contributed by atoms with Gasteiger partial charge in [0.05, 0.1) is 12.5 Å². The maximum absolute atomic E-state index is 13.6. The molecule has 1 saturated heterocycles. The zero-order valence-corrected chi connectivity index (χ0v) is 11.6. The molecule has 0 unspecified atom stereocenters. The Morgan fingerprint density at radius 1 is 1.47 bits per heavy atom. The van der Waals surface area contributed by atoms with E-state index in [1.165, 1.54) is 12.1 Å². The molecule has 1 fully saturated rings. The molecule has 0 bridgehead atoms. The van der Waals surface area contributed by atoms with E-state index in [0.29, 0.717) is 18.1 Å². The molecule has 3 nitrogen and oxygen atoms in total. The molecule has 1 heterocycles. The van der Waals surface area contributed by atoms with Crippen molar-refractivity contribution < 1.29 is 13.9 Å². The highest BCUT2D eigenvalue weighted by atomic mass is 35.5. The fourth-order valence-electron chi connectivity index (χ4n) is 2.31. The van der Waals surface area contributed by atoms with Crippen LogP contribution >= 0.6 is 11.6 Å². The summed E-state index contributed by atoms with van der Waals surface area (Å²) in [7, 11) is 1.68. The molecule has 1 aliphatic heterocycles. The van der Waals surface area contributed by atoms with Gasteiger partial charge in [0, 0.05) is 30.8 Å². The molecule has 104 valence electrons. The molecule has 0 aromatic heterocycles. The molecule has 1 aromatic carbocycles. The minimum Gasteiger partial charge on any atom is -0.381 e. The van der Waals surface area contributed by atoms with Crippen molar-refractivity contribution in [2.45, 2.75) is 25.4 Å². The molecule has 0 atom stereocenters. The van der Waals surface area contributed by atoms with Gasteiger partial charge in [-0.15, -0.1) is 0 Å². The van der Waals surface area contributed by atoms with Crippen LogP contribution in [0.5, 0.6) is 0 Å². The second-order valence-electron chi connectivity index (χ2n) is 4.69. The lowest BCUT2D eigenvalue weighted by atomic mass is 10.1. The van der Waals surface area contributed by atoms with Crippen molar-refractivity contribution in [2.24, 2.45) is 0 Å².